The molecule has 0 radical (unpaired) electrons. The Hall–Kier alpha value is -3.02. The van der Waals surface area contributed by atoms with Crippen molar-refractivity contribution in [1.29, 1.82) is 0 Å². The summed E-state index contributed by atoms with van der Waals surface area (Å²) in [6, 6.07) is 15.2. The first kappa shape index (κ1) is 16.8. The zero-order valence-corrected chi connectivity index (χ0v) is 14.3. The van der Waals surface area contributed by atoms with Crippen LogP contribution in [0.1, 0.15) is 18.8 Å². The third-order valence-electron chi connectivity index (χ3n) is 4.03. The summed E-state index contributed by atoms with van der Waals surface area (Å²) >= 11 is 0. The van der Waals surface area contributed by atoms with Crippen LogP contribution in [0.5, 0.6) is 11.5 Å². The number of carbonyl (C=O) groups excluding carboxylic acids is 1. The zero-order chi connectivity index (χ0) is 17.6. The predicted molar refractivity (Wildman–Crippen MR) is 95.8 cm³/mol. The molecule has 1 aromatic heterocycles. The molecule has 130 valence electrons. The molecule has 1 unspecified atom stereocenters. The highest BCUT2D eigenvalue weighted by molar-refractivity contribution is 5.76. The minimum atomic E-state index is -0.175. The van der Waals surface area contributed by atoms with Gasteiger partial charge in [-0.25, -0.2) is 4.98 Å². The lowest BCUT2D eigenvalue weighted by atomic mass is 10.3. The van der Waals surface area contributed by atoms with Gasteiger partial charge in [0.2, 0.25) is 6.41 Å². The fourth-order valence-corrected chi connectivity index (χ4v) is 2.76. The number of benzene rings is 2. The van der Waals surface area contributed by atoms with Gasteiger partial charge in [0.25, 0.3) is 0 Å². The Morgan fingerprint density at radius 2 is 1.88 bits per heavy atom. The van der Waals surface area contributed by atoms with Gasteiger partial charge in [0, 0.05) is 0 Å². The number of fused-ring (bicyclic) bond motifs is 1. The minimum Gasteiger partial charge on any atom is -0.497 e. The summed E-state index contributed by atoms with van der Waals surface area (Å²) in [4.78, 5) is 15.4. The third kappa shape index (κ3) is 3.74. The summed E-state index contributed by atoms with van der Waals surface area (Å²) in [5.41, 5.74) is 1.93. The lowest BCUT2D eigenvalue weighted by molar-refractivity contribution is -0.110. The second-order valence-electron chi connectivity index (χ2n) is 5.64. The molecule has 0 aliphatic heterocycles. The van der Waals surface area contributed by atoms with E-state index in [0.29, 0.717) is 19.6 Å². The number of rotatable bonds is 8. The molecule has 0 aliphatic rings. The number of hydrogen-bond acceptors (Lipinski definition) is 4. The quantitative estimate of drug-likeness (QED) is 0.641. The lowest BCUT2D eigenvalue weighted by Gasteiger charge is -2.14. The summed E-state index contributed by atoms with van der Waals surface area (Å²) < 4.78 is 13.1. The average Bonchev–Trinajstić information content (AvgIpc) is 3.01. The van der Waals surface area contributed by atoms with Crippen molar-refractivity contribution >= 4 is 17.4 Å². The Morgan fingerprint density at radius 1 is 1.16 bits per heavy atom. The van der Waals surface area contributed by atoms with Gasteiger partial charge in [-0.1, -0.05) is 12.1 Å². The van der Waals surface area contributed by atoms with Gasteiger partial charge in [0.15, 0.2) is 0 Å². The second-order valence-corrected chi connectivity index (χ2v) is 5.64. The van der Waals surface area contributed by atoms with Crippen LogP contribution in [0.4, 0.5) is 0 Å². The maximum Gasteiger partial charge on any atom is 0.207 e. The molecule has 0 saturated heterocycles. The van der Waals surface area contributed by atoms with Crippen LogP contribution in [-0.2, 0) is 11.3 Å². The number of para-hydroxylation sites is 2. The van der Waals surface area contributed by atoms with Gasteiger partial charge in [-0.15, -0.1) is 0 Å². The lowest BCUT2D eigenvalue weighted by Crippen LogP contribution is -2.21. The summed E-state index contributed by atoms with van der Waals surface area (Å²) in [6.07, 6.45) is 0.697. The van der Waals surface area contributed by atoms with E-state index < -0.39 is 0 Å². The van der Waals surface area contributed by atoms with Gasteiger partial charge in [-0.05, 0) is 43.3 Å². The Balaban J connectivity index is 1.76. The van der Waals surface area contributed by atoms with Gasteiger partial charge in [0.05, 0.1) is 30.7 Å². The van der Waals surface area contributed by atoms with E-state index in [1.165, 1.54) is 0 Å². The smallest absolute Gasteiger partial charge is 0.207 e. The largest absolute Gasteiger partial charge is 0.497 e. The topological polar surface area (TPSA) is 65.4 Å². The van der Waals surface area contributed by atoms with Crippen LogP contribution in [0.2, 0.25) is 0 Å². The van der Waals surface area contributed by atoms with Gasteiger partial charge in [0.1, 0.15) is 23.9 Å². The molecule has 25 heavy (non-hydrogen) atoms. The van der Waals surface area contributed by atoms with Crippen LogP contribution < -0.4 is 14.8 Å². The number of aromatic nitrogens is 2. The number of nitrogens with one attached hydrogen (secondary N) is 1. The van der Waals surface area contributed by atoms with E-state index >= 15 is 0 Å². The van der Waals surface area contributed by atoms with E-state index in [9.17, 15) is 4.79 Å². The second kappa shape index (κ2) is 7.70. The fraction of sp³-hybridized carbons (Fsp3) is 0.263. The van der Waals surface area contributed by atoms with Crippen molar-refractivity contribution in [2.45, 2.75) is 19.5 Å². The molecule has 0 spiro atoms. The molecule has 0 fully saturated rings. The van der Waals surface area contributed by atoms with Crippen molar-refractivity contribution in [3.63, 3.8) is 0 Å². The van der Waals surface area contributed by atoms with E-state index in [2.05, 4.69) is 14.9 Å². The number of imidazole rings is 1. The molecule has 0 saturated carbocycles. The molecule has 3 rings (SSSR count). The summed E-state index contributed by atoms with van der Waals surface area (Å²) in [7, 11) is 1.63. The Bertz CT molecular complexity index is 843. The van der Waals surface area contributed by atoms with Crippen molar-refractivity contribution in [3.05, 3.63) is 54.4 Å². The molecule has 2 aromatic carbocycles. The van der Waals surface area contributed by atoms with E-state index in [1.807, 2.05) is 55.5 Å². The molecule has 1 N–H and O–H groups in total. The standard InChI is InChI=1S/C19H21N3O3/c1-14(20-13-23)19-21-17-5-3-4-6-18(17)22(19)11-12-25-16-9-7-15(24-2)8-10-16/h3-10,13-14H,11-12H2,1-2H3,(H,20,23). The Morgan fingerprint density at radius 3 is 2.60 bits per heavy atom. The maximum atomic E-state index is 10.8. The molecule has 3 aromatic rings. The van der Waals surface area contributed by atoms with Gasteiger partial charge in [-0.2, -0.15) is 0 Å². The molecule has 0 bridgehead atoms. The highest BCUT2D eigenvalue weighted by Crippen LogP contribution is 2.21. The molecule has 0 aliphatic carbocycles. The molecular formula is C19H21N3O3. The minimum absolute atomic E-state index is 0.175. The SMILES string of the molecule is COc1ccc(OCCn2c(C(C)NC=O)nc3ccccc32)cc1. The van der Waals surface area contributed by atoms with Crippen molar-refractivity contribution in [1.82, 2.24) is 14.9 Å². The van der Waals surface area contributed by atoms with Crippen molar-refractivity contribution in [3.8, 4) is 11.5 Å². The van der Waals surface area contributed by atoms with Gasteiger partial charge >= 0.3 is 0 Å². The zero-order valence-electron chi connectivity index (χ0n) is 14.3. The fourth-order valence-electron chi connectivity index (χ4n) is 2.76. The molecule has 1 amide bonds. The van der Waals surface area contributed by atoms with E-state index in [1.54, 1.807) is 7.11 Å². The average molecular weight is 339 g/mol. The van der Waals surface area contributed by atoms with Crippen LogP contribution >= 0.6 is 0 Å². The molecular weight excluding hydrogens is 318 g/mol. The van der Waals surface area contributed by atoms with Crippen LogP contribution in [0.3, 0.4) is 0 Å². The van der Waals surface area contributed by atoms with Crippen molar-refractivity contribution in [2.24, 2.45) is 0 Å². The number of hydrogen-bond donors (Lipinski definition) is 1. The summed E-state index contributed by atoms with van der Waals surface area (Å²) in [5.74, 6) is 2.39. The van der Waals surface area contributed by atoms with Crippen LogP contribution in [-0.4, -0.2) is 29.7 Å². The Labute approximate surface area is 146 Å². The van der Waals surface area contributed by atoms with Crippen LogP contribution in [0.15, 0.2) is 48.5 Å². The molecule has 1 atom stereocenters. The molecule has 6 nitrogen and oxygen atoms in total. The van der Waals surface area contributed by atoms with Crippen molar-refractivity contribution < 1.29 is 14.3 Å². The Kier molecular flexibility index (Phi) is 5.18. The van der Waals surface area contributed by atoms with Crippen LogP contribution in [0.25, 0.3) is 11.0 Å². The molecule has 1 heterocycles. The third-order valence-corrected chi connectivity index (χ3v) is 4.03. The number of carbonyl (C=O) groups is 1. The number of nitrogens with zero attached hydrogens (tertiary/aromatic N) is 2. The van der Waals surface area contributed by atoms with E-state index in [-0.39, 0.29) is 6.04 Å². The monoisotopic (exact) mass is 339 g/mol. The highest BCUT2D eigenvalue weighted by atomic mass is 16.5. The summed E-state index contributed by atoms with van der Waals surface area (Å²) in [6.45, 7) is 3.04. The highest BCUT2D eigenvalue weighted by Gasteiger charge is 2.15. The summed E-state index contributed by atoms with van der Waals surface area (Å²) in [5, 5.41) is 2.77. The van der Waals surface area contributed by atoms with Gasteiger partial charge in [-0.3, -0.25) is 4.79 Å². The van der Waals surface area contributed by atoms with E-state index in [0.717, 1.165) is 28.4 Å². The maximum absolute atomic E-state index is 10.8. The molecule has 6 heteroatoms. The normalized spacial score (nSPS) is 11.9. The number of ether oxygens (including phenoxy) is 2. The van der Waals surface area contributed by atoms with Crippen LogP contribution in [0, 0.1) is 0 Å². The first-order chi connectivity index (χ1) is 12.2. The van der Waals surface area contributed by atoms with E-state index in [4.69, 9.17) is 9.47 Å². The van der Waals surface area contributed by atoms with Gasteiger partial charge < -0.3 is 19.4 Å². The number of methoxy groups -OCH3 is 1. The number of amides is 1. The predicted octanol–water partition coefficient (Wildman–Crippen LogP) is 2.93. The van der Waals surface area contributed by atoms with Crippen molar-refractivity contribution in [2.75, 3.05) is 13.7 Å². The first-order valence-electron chi connectivity index (χ1n) is 8.14. The first-order valence-corrected chi connectivity index (χ1v) is 8.14.